The van der Waals surface area contributed by atoms with Crippen molar-refractivity contribution in [1.29, 1.82) is 5.26 Å². The van der Waals surface area contributed by atoms with E-state index in [0.29, 0.717) is 28.5 Å². The summed E-state index contributed by atoms with van der Waals surface area (Å²) in [5.74, 6) is 1.36. The zero-order valence-electron chi connectivity index (χ0n) is 10.3. The lowest BCUT2D eigenvalue weighted by Gasteiger charge is -2.11. The Morgan fingerprint density at radius 2 is 2.05 bits per heavy atom. The Morgan fingerprint density at radius 3 is 2.68 bits per heavy atom. The summed E-state index contributed by atoms with van der Waals surface area (Å²) in [4.78, 5) is 4.11. The predicted octanol–water partition coefficient (Wildman–Crippen LogP) is 1.87. The maximum atomic E-state index is 8.84. The second-order valence-corrected chi connectivity index (χ2v) is 3.82. The zero-order valence-corrected chi connectivity index (χ0v) is 10.3. The van der Waals surface area contributed by atoms with E-state index >= 15 is 0 Å². The summed E-state index contributed by atoms with van der Waals surface area (Å²) in [5.41, 5.74) is 12.9. The van der Waals surface area contributed by atoms with Crippen LogP contribution in [0, 0.1) is 11.3 Å². The summed E-state index contributed by atoms with van der Waals surface area (Å²) in [6.07, 6.45) is 0. The number of rotatable bonds is 3. The first-order chi connectivity index (χ1) is 9.13. The van der Waals surface area contributed by atoms with Crippen molar-refractivity contribution in [3.8, 4) is 11.8 Å². The topological polar surface area (TPSA) is 110 Å². The summed E-state index contributed by atoms with van der Waals surface area (Å²) >= 11 is 0. The molecule has 0 aliphatic rings. The fourth-order valence-electron chi connectivity index (χ4n) is 1.56. The minimum atomic E-state index is 0.262. The van der Waals surface area contributed by atoms with Crippen molar-refractivity contribution in [3.63, 3.8) is 0 Å². The fourth-order valence-corrected chi connectivity index (χ4v) is 1.56. The van der Waals surface area contributed by atoms with Gasteiger partial charge >= 0.3 is 0 Å². The highest BCUT2D eigenvalue weighted by atomic mass is 16.5. The molecule has 19 heavy (non-hydrogen) atoms. The number of hydrogen-bond acceptors (Lipinski definition) is 6. The molecule has 0 aliphatic carbocycles. The van der Waals surface area contributed by atoms with Crippen molar-refractivity contribution in [2.24, 2.45) is 0 Å². The van der Waals surface area contributed by atoms with Crippen molar-refractivity contribution in [2.75, 3.05) is 23.9 Å². The van der Waals surface area contributed by atoms with E-state index in [2.05, 4.69) is 10.3 Å². The maximum Gasteiger partial charge on any atom is 0.149 e. The van der Waals surface area contributed by atoms with Gasteiger partial charge < -0.3 is 21.5 Å². The fraction of sp³-hybridized carbons (Fsp3) is 0.0769. The van der Waals surface area contributed by atoms with E-state index in [4.69, 9.17) is 21.5 Å². The Balaban J connectivity index is 2.32. The van der Waals surface area contributed by atoms with Crippen LogP contribution in [0.15, 0.2) is 30.3 Å². The van der Waals surface area contributed by atoms with Gasteiger partial charge in [0.15, 0.2) is 0 Å². The van der Waals surface area contributed by atoms with Gasteiger partial charge in [0.2, 0.25) is 0 Å². The first kappa shape index (κ1) is 12.5. The molecule has 1 aromatic heterocycles. The number of nitrogens with one attached hydrogen (secondary N) is 1. The van der Waals surface area contributed by atoms with Gasteiger partial charge in [-0.15, -0.1) is 0 Å². The number of hydrogen-bond donors (Lipinski definition) is 3. The van der Waals surface area contributed by atoms with Gasteiger partial charge in [0.1, 0.15) is 17.4 Å². The SMILES string of the molecule is COc1cc(C#N)ccc1Nc1ccc(N)c(N)n1. The van der Waals surface area contributed by atoms with Crippen molar-refractivity contribution in [1.82, 2.24) is 4.98 Å². The second kappa shape index (κ2) is 5.14. The average Bonchev–Trinajstić information content (AvgIpc) is 2.43. The first-order valence-corrected chi connectivity index (χ1v) is 5.51. The number of ether oxygens (including phenoxy) is 1. The maximum absolute atomic E-state index is 8.84. The third kappa shape index (κ3) is 2.66. The van der Waals surface area contributed by atoms with Gasteiger partial charge in [0.05, 0.1) is 30.1 Å². The quantitative estimate of drug-likeness (QED) is 0.772. The highest BCUT2D eigenvalue weighted by molar-refractivity contribution is 5.69. The minimum absolute atomic E-state index is 0.262. The number of aromatic nitrogens is 1. The average molecular weight is 255 g/mol. The van der Waals surface area contributed by atoms with Crippen LogP contribution in [0.1, 0.15) is 5.56 Å². The normalized spacial score (nSPS) is 9.68. The molecule has 5 N–H and O–H groups in total. The van der Waals surface area contributed by atoms with Crippen molar-refractivity contribution in [3.05, 3.63) is 35.9 Å². The van der Waals surface area contributed by atoms with Gasteiger partial charge in [-0.05, 0) is 24.3 Å². The summed E-state index contributed by atoms with van der Waals surface area (Å²) < 4.78 is 5.22. The monoisotopic (exact) mass is 255 g/mol. The molecule has 0 unspecified atom stereocenters. The number of pyridine rings is 1. The number of nitriles is 1. The molecule has 6 nitrogen and oxygen atoms in total. The highest BCUT2D eigenvalue weighted by Gasteiger charge is 2.06. The number of methoxy groups -OCH3 is 1. The zero-order chi connectivity index (χ0) is 13.8. The Labute approximate surface area is 110 Å². The molecule has 2 aromatic rings. The Bertz CT molecular complexity index is 648. The number of nitrogens with zero attached hydrogens (tertiary/aromatic N) is 2. The molecule has 6 heteroatoms. The van der Waals surface area contributed by atoms with Crippen LogP contribution in [0.25, 0.3) is 0 Å². The summed E-state index contributed by atoms with van der Waals surface area (Å²) in [6.45, 7) is 0. The third-order valence-electron chi connectivity index (χ3n) is 2.55. The smallest absolute Gasteiger partial charge is 0.149 e. The molecule has 0 saturated heterocycles. The molecule has 1 aromatic carbocycles. The molecule has 0 saturated carbocycles. The van der Waals surface area contributed by atoms with Crippen LogP contribution in [-0.4, -0.2) is 12.1 Å². The molecular formula is C13H13N5O. The second-order valence-electron chi connectivity index (χ2n) is 3.82. The molecule has 2 rings (SSSR count). The molecule has 0 amide bonds. The van der Waals surface area contributed by atoms with E-state index in [9.17, 15) is 0 Å². The van der Waals surface area contributed by atoms with Gasteiger partial charge in [-0.3, -0.25) is 0 Å². The Kier molecular flexibility index (Phi) is 3.39. The van der Waals surface area contributed by atoms with Crippen LogP contribution in [0.2, 0.25) is 0 Å². The van der Waals surface area contributed by atoms with Crippen molar-refractivity contribution < 1.29 is 4.74 Å². The Morgan fingerprint density at radius 1 is 1.26 bits per heavy atom. The lowest BCUT2D eigenvalue weighted by Crippen LogP contribution is -2.02. The standard InChI is InChI=1S/C13H13N5O/c1-19-11-6-8(7-14)2-4-10(11)17-12-5-3-9(15)13(16)18-12/h2-6H,15H2,1H3,(H3,16,17,18). The van der Waals surface area contributed by atoms with E-state index in [1.54, 1.807) is 30.3 Å². The molecule has 0 aliphatic heterocycles. The van der Waals surface area contributed by atoms with E-state index < -0.39 is 0 Å². The van der Waals surface area contributed by atoms with Crippen molar-refractivity contribution >= 4 is 23.0 Å². The van der Waals surface area contributed by atoms with Crippen LogP contribution >= 0.6 is 0 Å². The van der Waals surface area contributed by atoms with Crippen LogP contribution < -0.4 is 21.5 Å². The minimum Gasteiger partial charge on any atom is -0.495 e. The summed E-state index contributed by atoms with van der Waals surface area (Å²) in [7, 11) is 1.53. The predicted molar refractivity (Wildman–Crippen MR) is 74.1 cm³/mol. The lowest BCUT2D eigenvalue weighted by molar-refractivity contribution is 0.416. The number of anilines is 4. The molecule has 0 bridgehead atoms. The molecule has 0 radical (unpaired) electrons. The van der Waals surface area contributed by atoms with E-state index in [1.165, 1.54) is 7.11 Å². The van der Waals surface area contributed by atoms with Gasteiger partial charge in [0.25, 0.3) is 0 Å². The van der Waals surface area contributed by atoms with E-state index in [0.717, 1.165) is 0 Å². The molecule has 0 atom stereocenters. The largest absolute Gasteiger partial charge is 0.495 e. The lowest BCUT2D eigenvalue weighted by atomic mass is 10.2. The van der Waals surface area contributed by atoms with Gasteiger partial charge in [-0.25, -0.2) is 4.98 Å². The molecule has 0 spiro atoms. The Hall–Kier alpha value is -2.94. The third-order valence-corrected chi connectivity index (χ3v) is 2.55. The summed E-state index contributed by atoms with van der Waals surface area (Å²) in [5, 5.41) is 11.9. The number of nitrogens with two attached hydrogens (primary N) is 2. The van der Waals surface area contributed by atoms with E-state index in [-0.39, 0.29) is 5.82 Å². The number of benzene rings is 1. The molecule has 0 fully saturated rings. The highest BCUT2D eigenvalue weighted by Crippen LogP contribution is 2.28. The summed E-state index contributed by atoms with van der Waals surface area (Å²) in [6, 6.07) is 10.5. The molecule has 96 valence electrons. The number of nitrogen functional groups attached to an aromatic ring is 2. The van der Waals surface area contributed by atoms with Crippen molar-refractivity contribution in [2.45, 2.75) is 0 Å². The molecular weight excluding hydrogens is 242 g/mol. The molecule has 1 heterocycles. The van der Waals surface area contributed by atoms with Crippen LogP contribution in [-0.2, 0) is 0 Å². The van der Waals surface area contributed by atoms with Crippen LogP contribution in [0.5, 0.6) is 5.75 Å². The van der Waals surface area contributed by atoms with Gasteiger partial charge in [-0.1, -0.05) is 0 Å². The van der Waals surface area contributed by atoms with Crippen LogP contribution in [0.4, 0.5) is 23.0 Å². The van der Waals surface area contributed by atoms with Gasteiger partial charge in [-0.2, -0.15) is 5.26 Å². The van der Waals surface area contributed by atoms with Crippen LogP contribution in [0.3, 0.4) is 0 Å². The van der Waals surface area contributed by atoms with Gasteiger partial charge in [0, 0.05) is 6.07 Å². The first-order valence-electron chi connectivity index (χ1n) is 5.51. The van der Waals surface area contributed by atoms with E-state index in [1.807, 2.05) is 6.07 Å².